The van der Waals surface area contributed by atoms with Crippen LogP contribution >= 0.6 is 0 Å². The molecule has 2 rings (SSSR count). The molecule has 0 saturated carbocycles. The lowest BCUT2D eigenvalue weighted by Gasteiger charge is -2.12. The second-order valence-electron chi connectivity index (χ2n) is 6.15. The summed E-state index contributed by atoms with van der Waals surface area (Å²) in [5, 5.41) is 0. The van der Waals surface area contributed by atoms with Crippen molar-refractivity contribution in [1.82, 2.24) is 0 Å². The van der Waals surface area contributed by atoms with Crippen LogP contribution < -0.4 is 0 Å². The molecule has 0 aliphatic carbocycles. The van der Waals surface area contributed by atoms with Crippen LogP contribution in [0.3, 0.4) is 0 Å². The molecule has 2 aromatic rings. The van der Waals surface area contributed by atoms with E-state index in [4.69, 9.17) is 4.74 Å². The van der Waals surface area contributed by atoms with Crippen LogP contribution in [0.4, 0.5) is 13.2 Å². The predicted octanol–water partition coefficient (Wildman–Crippen LogP) is 4.98. The third-order valence-corrected chi connectivity index (χ3v) is 5.10. The first kappa shape index (κ1) is 23.2. The van der Waals surface area contributed by atoms with E-state index in [0.717, 1.165) is 17.7 Å². The highest BCUT2D eigenvalue weighted by molar-refractivity contribution is 7.86. The quantitative estimate of drug-likeness (QED) is 0.251. The first-order chi connectivity index (χ1) is 14.1. The Kier molecular flexibility index (Phi) is 7.82. The van der Waals surface area contributed by atoms with Gasteiger partial charge in [-0.2, -0.15) is 17.2 Å². The minimum Gasteiger partial charge on any atom is -0.463 e. The maximum Gasteiger partial charge on any atom is 0.339 e. The van der Waals surface area contributed by atoms with E-state index in [2.05, 4.69) is 4.18 Å². The molecule has 0 aliphatic heterocycles. The van der Waals surface area contributed by atoms with E-state index in [-0.39, 0.29) is 17.1 Å². The molecule has 5 nitrogen and oxygen atoms in total. The lowest BCUT2D eigenvalue weighted by molar-refractivity contribution is -0.138. The van der Waals surface area contributed by atoms with Crippen LogP contribution in [0.15, 0.2) is 70.8 Å². The fourth-order valence-electron chi connectivity index (χ4n) is 2.35. The Morgan fingerprint density at radius 1 is 1.03 bits per heavy atom. The third-order valence-electron chi connectivity index (χ3n) is 3.83. The van der Waals surface area contributed by atoms with Gasteiger partial charge in [0.05, 0.1) is 6.61 Å². The van der Waals surface area contributed by atoms with E-state index < -0.39 is 40.2 Å². The van der Waals surface area contributed by atoms with Gasteiger partial charge in [0.25, 0.3) is 0 Å². The lowest BCUT2D eigenvalue weighted by atomic mass is 10.1. The second-order valence-corrected chi connectivity index (χ2v) is 7.70. The summed E-state index contributed by atoms with van der Waals surface area (Å²) in [6.07, 6.45) is -2.05. The molecule has 0 heterocycles. The van der Waals surface area contributed by atoms with Crippen molar-refractivity contribution in [3.63, 3.8) is 0 Å². The summed E-state index contributed by atoms with van der Waals surface area (Å²) in [5.74, 6) is -2.67. The fraction of sp³-hybridized carbons (Fsp3) is 0.190. The Bertz CT molecular complexity index is 1050. The van der Waals surface area contributed by atoms with Crippen molar-refractivity contribution in [2.24, 2.45) is 0 Å². The van der Waals surface area contributed by atoms with Crippen LogP contribution in [-0.4, -0.2) is 21.0 Å². The molecule has 0 N–H and O–H groups in total. The van der Waals surface area contributed by atoms with E-state index in [1.165, 1.54) is 49.4 Å². The number of esters is 1. The number of aryl methyl sites for hydroxylation is 1. The van der Waals surface area contributed by atoms with Gasteiger partial charge in [0.15, 0.2) is 5.76 Å². The van der Waals surface area contributed by atoms with Crippen LogP contribution in [-0.2, 0) is 23.8 Å². The highest BCUT2D eigenvalue weighted by Gasteiger charge is 2.24. The summed E-state index contributed by atoms with van der Waals surface area (Å²) < 4.78 is 74.2. The monoisotopic (exact) mass is 440 g/mol. The molecule has 0 bridgehead atoms. The molecule has 0 spiro atoms. The molecule has 30 heavy (non-hydrogen) atoms. The molecule has 0 radical (unpaired) electrons. The largest absolute Gasteiger partial charge is 0.463 e. The van der Waals surface area contributed by atoms with Gasteiger partial charge in [-0.1, -0.05) is 29.8 Å². The number of halogens is 3. The highest BCUT2D eigenvalue weighted by atomic mass is 32.2. The molecule has 2 aromatic carbocycles. The number of allylic oxidation sites excluding steroid dienone is 1. The maximum atomic E-state index is 13.5. The third kappa shape index (κ3) is 6.48. The number of carbonyl (C=O) groups excluding carboxylic acids is 1. The van der Waals surface area contributed by atoms with Crippen LogP contribution in [0.2, 0.25) is 0 Å². The summed E-state index contributed by atoms with van der Waals surface area (Å²) >= 11 is 0. The Morgan fingerprint density at radius 3 is 2.17 bits per heavy atom. The number of hydrogen-bond acceptors (Lipinski definition) is 5. The molecule has 0 aliphatic rings. The molecule has 0 atom stereocenters. The van der Waals surface area contributed by atoms with Gasteiger partial charge in [0.2, 0.25) is 0 Å². The summed E-state index contributed by atoms with van der Waals surface area (Å²) in [5.41, 5.74) is 0.818. The minimum atomic E-state index is -4.55. The first-order valence-electron chi connectivity index (χ1n) is 8.81. The molecular weight excluding hydrogens is 421 g/mol. The number of hydrogen-bond donors (Lipinski definition) is 0. The predicted molar refractivity (Wildman–Crippen MR) is 104 cm³/mol. The van der Waals surface area contributed by atoms with Gasteiger partial charge in [-0.3, -0.25) is 0 Å². The summed E-state index contributed by atoms with van der Waals surface area (Å²) in [7, 11) is -4.55. The first-order valence-corrected chi connectivity index (χ1v) is 10.2. The number of carbonyl (C=O) groups is 1. The van der Waals surface area contributed by atoms with E-state index >= 15 is 0 Å². The molecule has 0 saturated heterocycles. The van der Waals surface area contributed by atoms with E-state index in [1.54, 1.807) is 6.92 Å². The van der Waals surface area contributed by atoms with Gasteiger partial charge < -0.3 is 8.92 Å². The van der Waals surface area contributed by atoms with Crippen LogP contribution in [0.1, 0.15) is 24.5 Å². The normalized spacial score (nSPS) is 11.7. The van der Waals surface area contributed by atoms with Crippen molar-refractivity contribution in [3.05, 3.63) is 82.9 Å². The van der Waals surface area contributed by atoms with Crippen molar-refractivity contribution < 1.29 is 35.3 Å². The average Bonchev–Trinajstić information content (AvgIpc) is 2.68. The maximum absolute atomic E-state index is 13.5. The second kappa shape index (κ2) is 10.1. The Balaban J connectivity index is 2.36. The zero-order valence-corrected chi connectivity index (χ0v) is 17.0. The molecule has 9 heteroatoms. The topological polar surface area (TPSA) is 69.7 Å². The van der Waals surface area contributed by atoms with E-state index in [1.807, 2.05) is 0 Å². The minimum absolute atomic E-state index is 0.0285. The van der Waals surface area contributed by atoms with Gasteiger partial charge in [-0.15, -0.1) is 0 Å². The summed E-state index contributed by atoms with van der Waals surface area (Å²) in [6, 6.07) is 10.3. The van der Waals surface area contributed by atoms with Gasteiger partial charge in [0, 0.05) is 12.0 Å². The van der Waals surface area contributed by atoms with Crippen molar-refractivity contribution in [1.29, 1.82) is 0 Å². The van der Waals surface area contributed by atoms with Gasteiger partial charge in [0.1, 0.15) is 10.7 Å². The zero-order chi connectivity index (χ0) is 22.3. The highest BCUT2D eigenvalue weighted by Crippen LogP contribution is 2.26. The SMILES string of the molecule is CCOC(=O)/C(=C\c1ccc(F)cc1)CC(OS(=O)(=O)c1ccc(C)cc1)=C(F)F. The fourth-order valence-corrected chi connectivity index (χ4v) is 3.30. The van der Waals surface area contributed by atoms with Crippen LogP contribution in [0.5, 0.6) is 0 Å². The molecule has 0 amide bonds. The number of ether oxygens (including phenoxy) is 1. The van der Waals surface area contributed by atoms with E-state index in [0.29, 0.717) is 5.56 Å². The number of rotatable bonds is 8. The molecule has 0 aromatic heterocycles. The van der Waals surface area contributed by atoms with Gasteiger partial charge >= 0.3 is 22.2 Å². The Labute approximate surface area is 172 Å². The molecule has 0 unspecified atom stereocenters. The van der Waals surface area contributed by atoms with Crippen LogP contribution in [0.25, 0.3) is 6.08 Å². The summed E-state index contributed by atoms with van der Waals surface area (Å²) in [4.78, 5) is 11.9. The Morgan fingerprint density at radius 2 is 1.63 bits per heavy atom. The zero-order valence-electron chi connectivity index (χ0n) is 16.2. The smallest absolute Gasteiger partial charge is 0.339 e. The molecular formula is C21H19F3O5S. The van der Waals surface area contributed by atoms with E-state index in [9.17, 15) is 26.4 Å². The van der Waals surface area contributed by atoms with Crippen LogP contribution in [0, 0.1) is 12.7 Å². The standard InChI is InChI=1S/C21H19F3O5S/c1-3-28-21(25)16(12-15-6-8-17(22)9-7-15)13-19(20(23)24)29-30(26,27)18-10-4-14(2)5-11-18/h4-12H,3,13H2,1-2H3/b16-12-. The van der Waals surface area contributed by atoms with Gasteiger partial charge in [-0.05, 0) is 49.8 Å². The Hall–Kier alpha value is -3.07. The molecule has 160 valence electrons. The summed E-state index contributed by atoms with van der Waals surface area (Å²) in [6.45, 7) is 3.23. The van der Waals surface area contributed by atoms with Crippen molar-refractivity contribution >= 4 is 22.2 Å². The van der Waals surface area contributed by atoms with Gasteiger partial charge in [-0.25, -0.2) is 9.18 Å². The van der Waals surface area contributed by atoms with Crippen molar-refractivity contribution in [3.8, 4) is 0 Å². The van der Waals surface area contributed by atoms with Crippen molar-refractivity contribution in [2.75, 3.05) is 6.61 Å². The molecule has 0 fully saturated rings. The average molecular weight is 440 g/mol. The van der Waals surface area contributed by atoms with Crippen molar-refractivity contribution in [2.45, 2.75) is 25.2 Å². The number of benzene rings is 2. The lowest BCUT2D eigenvalue weighted by Crippen LogP contribution is -2.12.